The van der Waals surface area contributed by atoms with Gasteiger partial charge in [-0.3, -0.25) is 9.78 Å². The number of hydrogen-bond acceptors (Lipinski definition) is 4. The molecule has 1 heterocycles. The van der Waals surface area contributed by atoms with E-state index in [-0.39, 0.29) is 11.3 Å². The molecule has 2 aromatic rings. The van der Waals surface area contributed by atoms with Crippen LogP contribution in [-0.4, -0.2) is 10.9 Å². The Kier molecular flexibility index (Phi) is 3.34. The Balaban J connectivity index is 2.07. The number of rotatable bonds is 3. The van der Waals surface area contributed by atoms with Crippen molar-refractivity contribution in [2.75, 3.05) is 5.73 Å². The molecule has 0 atom stereocenters. The molecule has 6 heteroatoms. The lowest BCUT2D eigenvalue weighted by molar-refractivity contribution is 0.0952. The third kappa shape index (κ3) is 2.59. The van der Waals surface area contributed by atoms with Crippen LogP contribution < -0.4 is 11.1 Å². The monoisotopic (exact) mass is 251 g/mol. The maximum absolute atomic E-state index is 13.1. The predicted octanol–water partition coefficient (Wildman–Crippen LogP) is 1.79. The molecule has 0 saturated carbocycles. The minimum atomic E-state index is -0.588. The summed E-state index contributed by atoms with van der Waals surface area (Å²) in [5, 5.41) is 2.65. The molecule has 0 aliphatic carbocycles. The van der Waals surface area contributed by atoms with E-state index in [1.165, 1.54) is 29.5 Å². The van der Waals surface area contributed by atoms with Gasteiger partial charge >= 0.3 is 0 Å². The third-order valence-electron chi connectivity index (χ3n) is 2.20. The number of carbonyl (C=O) groups is 1. The average Bonchev–Trinajstić information content (AvgIpc) is 2.82. The number of anilines is 1. The molecule has 17 heavy (non-hydrogen) atoms. The molecule has 88 valence electrons. The zero-order chi connectivity index (χ0) is 12.3. The lowest BCUT2D eigenvalue weighted by Gasteiger charge is -2.06. The van der Waals surface area contributed by atoms with Gasteiger partial charge in [0.15, 0.2) is 0 Å². The topological polar surface area (TPSA) is 68.0 Å². The quantitative estimate of drug-likeness (QED) is 0.817. The van der Waals surface area contributed by atoms with Gasteiger partial charge in [0.25, 0.3) is 5.91 Å². The molecule has 2 rings (SSSR count). The highest BCUT2D eigenvalue weighted by Gasteiger charge is 2.12. The Bertz CT molecular complexity index is 528. The second-order valence-electron chi connectivity index (χ2n) is 3.35. The average molecular weight is 251 g/mol. The summed E-state index contributed by atoms with van der Waals surface area (Å²) < 4.78 is 13.1. The van der Waals surface area contributed by atoms with Crippen molar-refractivity contribution < 1.29 is 9.18 Å². The van der Waals surface area contributed by atoms with Gasteiger partial charge < -0.3 is 11.1 Å². The Labute approximate surface area is 101 Å². The Hall–Kier alpha value is -1.95. The zero-order valence-electron chi connectivity index (χ0n) is 8.81. The van der Waals surface area contributed by atoms with Gasteiger partial charge in [-0.25, -0.2) is 4.39 Å². The zero-order valence-corrected chi connectivity index (χ0v) is 9.63. The lowest BCUT2D eigenvalue weighted by Crippen LogP contribution is -2.23. The van der Waals surface area contributed by atoms with Crippen molar-refractivity contribution in [1.29, 1.82) is 0 Å². The van der Waals surface area contributed by atoms with E-state index < -0.39 is 11.7 Å². The largest absolute Gasteiger partial charge is 0.396 e. The number of amides is 1. The maximum Gasteiger partial charge on any atom is 0.253 e. The van der Waals surface area contributed by atoms with Gasteiger partial charge in [-0.15, -0.1) is 11.3 Å². The van der Waals surface area contributed by atoms with E-state index in [0.717, 1.165) is 4.88 Å². The van der Waals surface area contributed by atoms with Gasteiger partial charge in [0.05, 0.1) is 23.3 Å². The lowest BCUT2D eigenvalue weighted by atomic mass is 10.1. The minimum absolute atomic E-state index is 0.130. The van der Waals surface area contributed by atoms with Crippen LogP contribution >= 0.6 is 11.3 Å². The normalized spacial score (nSPS) is 10.2. The molecular formula is C11H10FN3OS. The summed E-state index contributed by atoms with van der Waals surface area (Å²) in [6, 6.07) is 4.16. The standard InChI is InChI=1S/C11H10FN3OS/c12-9-3-1-2-8(10(9)13)11(16)15-5-7-4-14-6-17-7/h1-4,6H,5,13H2,(H,15,16). The Morgan fingerprint density at radius 1 is 1.53 bits per heavy atom. The highest BCUT2D eigenvalue weighted by atomic mass is 32.1. The Morgan fingerprint density at radius 2 is 2.35 bits per heavy atom. The molecule has 1 amide bonds. The summed E-state index contributed by atoms with van der Waals surface area (Å²) in [4.78, 5) is 16.6. The predicted molar refractivity (Wildman–Crippen MR) is 64.1 cm³/mol. The van der Waals surface area contributed by atoms with Crippen molar-refractivity contribution in [3.8, 4) is 0 Å². The Morgan fingerprint density at radius 3 is 3.06 bits per heavy atom. The van der Waals surface area contributed by atoms with E-state index in [1.807, 2.05) is 0 Å². The van der Waals surface area contributed by atoms with E-state index in [1.54, 1.807) is 11.7 Å². The van der Waals surface area contributed by atoms with E-state index in [0.29, 0.717) is 6.54 Å². The van der Waals surface area contributed by atoms with Crippen molar-refractivity contribution in [3.05, 3.63) is 46.2 Å². The SMILES string of the molecule is Nc1c(F)cccc1C(=O)NCc1cncs1. The summed E-state index contributed by atoms with van der Waals surface area (Å²) in [6.07, 6.45) is 1.67. The first-order valence-electron chi connectivity index (χ1n) is 4.88. The second-order valence-corrected chi connectivity index (χ2v) is 4.32. The molecule has 0 unspecified atom stereocenters. The van der Waals surface area contributed by atoms with Crippen LogP contribution in [-0.2, 0) is 6.54 Å². The third-order valence-corrected chi connectivity index (χ3v) is 2.98. The molecule has 0 saturated heterocycles. The van der Waals surface area contributed by atoms with Crippen molar-refractivity contribution >= 4 is 22.9 Å². The molecule has 0 aliphatic heterocycles. The molecule has 4 nitrogen and oxygen atoms in total. The fourth-order valence-electron chi connectivity index (χ4n) is 1.33. The van der Waals surface area contributed by atoms with Crippen molar-refractivity contribution in [2.24, 2.45) is 0 Å². The first kappa shape index (κ1) is 11.5. The van der Waals surface area contributed by atoms with Gasteiger partial charge in [-0.05, 0) is 12.1 Å². The summed E-state index contributed by atoms with van der Waals surface area (Å²) in [5.41, 5.74) is 7.18. The molecule has 0 bridgehead atoms. The van der Waals surface area contributed by atoms with Gasteiger partial charge in [0.2, 0.25) is 0 Å². The van der Waals surface area contributed by atoms with Crippen LogP contribution in [0.1, 0.15) is 15.2 Å². The van der Waals surface area contributed by atoms with E-state index in [2.05, 4.69) is 10.3 Å². The second kappa shape index (κ2) is 4.92. The van der Waals surface area contributed by atoms with Crippen molar-refractivity contribution in [2.45, 2.75) is 6.54 Å². The van der Waals surface area contributed by atoms with Crippen LogP contribution in [0.4, 0.5) is 10.1 Å². The number of aromatic nitrogens is 1. The smallest absolute Gasteiger partial charge is 0.253 e. The summed E-state index contributed by atoms with van der Waals surface area (Å²) in [7, 11) is 0. The van der Waals surface area contributed by atoms with Crippen LogP contribution in [0.2, 0.25) is 0 Å². The number of nitrogens with two attached hydrogens (primary N) is 1. The van der Waals surface area contributed by atoms with Gasteiger partial charge in [0, 0.05) is 11.1 Å². The molecule has 0 fully saturated rings. The summed E-state index contributed by atoms with van der Waals surface area (Å²) in [6.45, 7) is 0.361. The number of para-hydroxylation sites is 1. The number of nitrogen functional groups attached to an aromatic ring is 1. The number of nitrogens with one attached hydrogen (secondary N) is 1. The van der Waals surface area contributed by atoms with E-state index in [4.69, 9.17) is 5.73 Å². The number of thiazole rings is 1. The molecule has 0 radical (unpaired) electrons. The highest BCUT2D eigenvalue weighted by molar-refractivity contribution is 7.09. The fraction of sp³-hybridized carbons (Fsp3) is 0.0909. The van der Waals surface area contributed by atoms with E-state index >= 15 is 0 Å². The maximum atomic E-state index is 13.1. The first-order chi connectivity index (χ1) is 8.18. The molecule has 1 aromatic carbocycles. The number of halogens is 1. The minimum Gasteiger partial charge on any atom is -0.396 e. The van der Waals surface area contributed by atoms with Gasteiger partial charge in [-0.2, -0.15) is 0 Å². The number of hydrogen-bond donors (Lipinski definition) is 2. The summed E-state index contributed by atoms with van der Waals surface area (Å²) in [5.74, 6) is -0.981. The van der Waals surface area contributed by atoms with Crippen LogP contribution in [0, 0.1) is 5.82 Å². The van der Waals surface area contributed by atoms with Crippen LogP contribution in [0.25, 0.3) is 0 Å². The number of benzene rings is 1. The van der Waals surface area contributed by atoms with Gasteiger partial charge in [-0.1, -0.05) is 6.07 Å². The van der Waals surface area contributed by atoms with E-state index in [9.17, 15) is 9.18 Å². The van der Waals surface area contributed by atoms with Crippen LogP contribution in [0.3, 0.4) is 0 Å². The molecule has 3 N–H and O–H groups in total. The van der Waals surface area contributed by atoms with Gasteiger partial charge in [0.1, 0.15) is 5.82 Å². The van der Waals surface area contributed by atoms with Crippen LogP contribution in [0.5, 0.6) is 0 Å². The molecule has 0 aliphatic rings. The molecule has 1 aromatic heterocycles. The van der Waals surface area contributed by atoms with Crippen LogP contribution in [0.15, 0.2) is 29.9 Å². The van der Waals surface area contributed by atoms with Crippen molar-refractivity contribution in [1.82, 2.24) is 10.3 Å². The molecular weight excluding hydrogens is 241 g/mol. The van der Waals surface area contributed by atoms with Crippen molar-refractivity contribution in [3.63, 3.8) is 0 Å². The first-order valence-corrected chi connectivity index (χ1v) is 5.76. The summed E-state index contributed by atoms with van der Waals surface area (Å²) >= 11 is 1.44. The highest BCUT2D eigenvalue weighted by Crippen LogP contribution is 2.15. The number of nitrogens with zero attached hydrogens (tertiary/aromatic N) is 1. The molecule has 0 spiro atoms. The fourth-order valence-corrected chi connectivity index (χ4v) is 1.86. The number of carbonyl (C=O) groups excluding carboxylic acids is 1.